The standard InChI is InChI=1S/C20H18FN5O4.C18H20BFO3.C8H10ClN5O3/c21-12-3-7-14(8-4-12)30-13-5-1-11(2-6-13)20-25-15(18(22)28)9-17(26-20)24-10-16(27)19(23)29;1-17(2)18(3,4)23-19(22-17)13-5-9-15(10-6-13)21-16-11-7-14(20)8-12-16;9-8-13-3(6(10)16)1-5(14-8)12-2-4(15)7(11)17/h1-9,16,27H,10H2,(H2,22,28)(H2,23,29)(H,24,25,26);5-12H,1-4H3;1,4,15H,2H2,(H2,10,16)(H2,11,17)(H,12,13,14)/t16-;;4-/m0.0/s1. The SMILES string of the molecule is CC1(C)OB(c2ccc(Oc3ccc(F)cc3)cc2)OC1(C)C.NC(=O)c1cc(NC[C@H](O)C(N)=O)nc(-c2ccc(Oc3ccc(F)cc3)cc2)n1.NC(=O)c1cc(NC[C@H](O)C(N)=O)nc(Cl)n1. The number of primary amides is 4. The summed E-state index contributed by atoms with van der Waals surface area (Å²) in [4.78, 5) is 59.7. The van der Waals surface area contributed by atoms with E-state index in [0.717, 1.165) is 5.46 Å². The van der Waals surface area contributed by atoms with Gasteiger partial charge in [0.25, 0.3) is 11.8 Å². The lowest BCUT2D eigenvalue weighted by Gasteiger charge is -2.32. The van der Waals surface area contributed by atoms with Crippen LogP contribution in [-0.4, -0.2) is 97.4 Å². The molecule has 0 spiro atoms. The minimum Gasteiger partial charge on any atom is -0.457 e. The number of aromatic nitrogens is 4. The molecule has 6 aromatic rings. The van der Waals surface area contributed by atoms with Crippen LogP contribution in [0, 0.1) is 11.6 Å². The van der Waals surface area contributed by atoms with E-state index in [4.69, 9.17) is 58.4 Å². The van der Waals surface area contributed by atoms with Crippen LogP contribution in [0.2, 0.25) is 5.28 Å². The van der Waals surface area contributed by atoms with Gasteiger partial charge in [-0.2, -0.15) is 0 Å². The quantitative estimate of drug-likeness (QED) is 0.0505. The number of benzene rings is 4. The number of aliphatic hydroxyl groups is 2. The van der Waals surface area contributed by atoms with Crippen molar-refractivity contribution in [2.75, 3.05) is 23.7 Å². The Hall–Kier alpha value is -7.83. The zero-order chi connectivity index (χ0) is 51.3. The van der Waals surface area contributed by atoms with Gasteiger partial charge in [0.15, 0.2) is 5.82 Å². The Balaban J connectivity index is 0.000000204. The summed E-state index contributed by atoms with van der Waals surface area (Å²) < 4.78 is 49.2. The van der Waals surface area contributed by atoms with Gasteiger partial charge >= 0.3 is 7.12 Å². The first-order chi connectivity index (χ1) is 33.0. The van der Waals surface area contributed by atoms with Crippen molar-refractivity contribution in [2.45, 2.75) is 51.1 Å². The summed E-state index contributed by atoms with van der Waals surface area (Å²) in [5, 5.41) is 23.7. The van der Waals surface area contributed by atoms with Crippen LogP contribution in [0.4, 0.5) is 20.4 Å². The largest absolute Gasteiger partial charge is 0.494 e. The smallest absolute Gasteiger partial charge is 0.457 e. The van der Waals surface area contributed by atoms with Crippen molar-refractivity contribution in [1.82, 2.24) is 19.9 Å². The highest BCUT2D eigenvalue weighted by atomic mass is 35.5. The number of halogens is 3. The average Bonchev–Trinajstić information content (AvgIpc) is 3.54. The highest BCUT2D eigenvalue weighted by Crippen LogP contribution is 2.36. The maximum absolute atomic E-state index is 13.0. The molecule has 12 N–H and O–H groups in total. The lowest BCUT2D eigenvalue weighted by Crippen LogP contribution is -2.41. The molecule has 1 fully saturated rings. The fourth-order valence-electron chi connectivity index (χ4n) is 5.65. The van der Waals surface area contributed by atoms with Gasteiger partial charge in [-0.1, -0.05) is 12.1 Å². The third kappa shape index (κ3) is 15.3. The number of nitrogens with zero attached hydrogens (tertiary/aromatic N) is 4. The van der Waals surface area contributed by atoms with Crippen LogP contribution in [0.25, 0.3) is 11.4 Å². The van der Waals surface area contributed by atoms with Gasteiger partial charge in [-0.05, 0) is 130 Å². The van der Waals surface area contributed by atoms with Crippen LogP contribution in [0.1, 0.15) is 48.7 Å². The van der Waals surface area contributed by atoms with E-state index in [1.165, 1.54) is 48.5 Å². The van der Waals surface area contributed by atoms with Crippen LogP contribution >= 0.6 is 11.6 Å². The Labute approximate surface area is 404 Å². The number of rotatable bonds is 16. The minimum absolute atomic E-state index is 0.0531. The third-order valence-corrected chi connectivity index (χ3v) is 10.3. The van der Waals surface area contributed by atoms with Crippen molar-refractivity contribution >= 4 is 59.4 Å². The molecule has 2 aromatic heterocycles. The van der Waals surface area contributed by atoms with Gasteiger partial charge < -0.3 is 62.6 Å². The predicted molar refractivity (Wildman–Crippen MR) is 254 cm³/mol. The van der Waals surface area contributed by atoms with E-state index in [0.29, 0.717) is 28.6 Å². The van der Waals surface area contributed by atoms with Crippen LogP contribution in [-0.2, 0) is 18.9 Å². The monoisotopic (exact) mass is 984 g/mol. The summed E-state index contributed by atoms with van der Waals surface area (Å²) in [6.07, 6.45) is -2.80. The van der Waals surface area contributed by atoms with E-state index >= 15 is 0 Å². The Morgan fingerprint density at radius 3 is 1.39 bits per heavy atom. The minimum atomic E-state index is -1.43. The van der Waals surface area contributed by atoms with Crippen molar-refractivity contribution in [3.63, 3.8) is 0 Å². The maximum atomic E-state index is 13.0. The maximum Gasteiger partial charge on any atom is 0.494 e. The number of carbonyl (C=O) groups is 4. The number of anilines is 2. The highest BCUT2D eigenvalue weighted by Gasteiger charge is 2.51. The molecule has 7 rings (SSSR count). The molecule has 0 aliphatic carbocycles. The second-order valence-corrected chi connectivity index (χ2v) is 16.3. The van der Waals surface area contributed by atoms with Crippen LogP contribution in [0.5, 0.6) is 23.0 Å². The highest BCUT2D eigenvalue weighted by molar-refractivity contribution is 6.62. The van der Waals surface area contributed by atoms with Crippen LogP contribution in [0.3, 0.4) is 0 Å². The summed E-state index contributed by atoms with van der Waals surface area (Å²) in [6.45, 7) is 7.74. The molecule has 1 aliphatic heterocycles. The second kappa shape index (κ2) is 23.5. The van der Waals surface area contributed by atoms with Gasteiger partial charge in [-0.15, -0.1) is 0 Å². The molecule has 4 aromatic carbocycles. The van der Waals surface area contributed by atoms with E-state index in [-0.39, 0.29) is 77.2 Å². The van der Waals surface area contributed by atoms with Crippen molar-refractivity contribution in [1.29, 1.82) is 0 Å². The molecule has 366 valence electrons. The van der Waals surface area contributed by atoms with Gasteiger partial charge in [0.2, 0.25) is 17.1 Å². The van der Waals surface area contributed by atoms with Gasteiger partial charge in [0, 0.05) is 17.7 Å². The van der Waals surface area contributed by atoms with Gasteiger partial charge in [0.05, 0.1) is 24.3 Å². The number of amides is 4. The fraction of sp³-hybridized carbons (Fsp3) is 0.217. The van der Waals surface area contributed by atoms with Gasteiger partial charge in [-0.3, -0.25) is 19.2 Å². The summed E-state index contributed by atoms with van der Waals surface area (Å²) in [6, 6.07) is 28.2. The van der Waals surface area contributed by atoms with Crippen molar-refractivity contribution in [3.05, 3.63) is 138 Å². The first-order valence-electron chi connectivity index (χ1n) is 20.9. The van der Waals surface area contributed by atoms with Gasteiger partial charge in [-0.25, -0.2) is 28.7 Å². The van der Waals surface area contributed by atoms with E-state index < -0.39 is 35.8 Å². The molecule has 24 heteroatoms. The molecule has 70 heavy (non-hydrogen) atoms. The van der Waals surface area contributed by atoms with E-state index in [1.54, 1.807) is 36.4 Å². The zero-order valence-corrected chi connectivity index (χ0v) is 38.7. The molecule has 3 heterocycles. The Bertz CT molecular complexity index is 2760. The first-order valence-corrected chi connectivity index (χ1v) is 21.2. The van der Waals surface area contributed by atoms with Crippen molar-refractivity contribution < 1.29 is 57.0 Å². The van der Waals surface area contributed by atoms with E-state index in [1.807, 2.05) is 52.0 Å². The molecule has 1 saturated heterocycles. The van der Waals surface area contributed by atoms with E-state index in [2.05, 4.69) is 30.6 Å². The van der Waals surface area contributed by atoms with Crippen LogP contribution < -0.4 is 48.5 Å². The number of aliphatic hydroxyl groups excluding tert-OH is 2. The summed E-state index contributed by atoms with van der Waals surface area (Å²) in [7, 11) is -0.389. The van der Waals surface area contributed by atoms with Crippen LogP contribution in [0.15, 0.2) is 109 Å². The van der Waals surface area contributed by atoms with Crippen molar-refractivity contribution in [2.24, 2.45) is 22.9 Å². The third-order valence-electron chi connectivity index (χ3n) is 10.2. The molecule has 2 atom stereocenters. The summed E-state index contributed by atoms with van der Waals surface area (Å²) in [5.41, 5.74) is 20.8. The topological polar surface area (TPSA) is 325 Å². The number of nitrogens with two attached hydrogens (primary N) is 4. The normalized spacial score (nSPS) is 14.0. The Morgan fingerprint density at radius 2 is 0.986 bits per heavy atom. The second-order valence-electron chi connectivity index (χ2n) is 16.0. The van der Waals surface area contributed by atoms with Crippen molar-refractivity contribution in [3.8, 4) is 34.4 Å². The Morgan fingerprint density at radius 1 is 0.614 bits per heavy atom. The Kier molecular flexibility index (Phi) is 17.8. The fourth-order valence-corrected chi connectivity index (χ4v) is 5.84. The molecule has 4 amide bonds. The lowest BCUT2D eigenvalue weighted by atomic mass is 9.79. The predicted octanol–water partition coefficient (Wildman–Crippen LogP) is 3.84. The average molecular weight is 985 g/mol. The number of nitrogens with one attached hydrogen (secondary N) is 2. The molecule has 0 bridgehead atoms. The molecule has 0 saturated carbocycles. The van der Waals surface area contributed by atoms with Gasteiger partial charge in [0.1, 0.15) is 69.9 Å². The first kappa shape index (κ1) is 53.1. The summed E-state index contributed by atoms with van der Waals surface area (Å²) >= 11 is 5.55. The zero-order valence-electron chi connectivity index (χ0n) is 37.9. The summed E-state index contributed by atoms with van der Waals surface area (Å²) in [5.74, 6) is -1.21. The molecular formula is C46H48BClF2N10O10. The lowest BCUT2D eigenvalue weighted by molar-refractivity contribution is -0.126. The molecule has 0 radical (unpaired) electrons. The number of hydrogen-bond donors (Lipinski definition) is 8. The number of carbonyl (C=O) groups excluding carboxylic acids is 4. The molecule has 0 unspecified atom stereocenters. The molecule has 1 aliphatic rings. The number of hydrogen-bond acceptors (Lipinski definition) is 16. The molecular weight excluding hydrogens is 937 g/mol. The molecule has 20 nitrogen and oxygen atoms in total. The van der Waals surface area contributed by atoms with E-state index in [9.17, 15) is 33.1 Å². The number of ether oxygens (including phenoxy) is 2.